The van der Waals surface area contributed by atoms with Crippen LogP contribution in [0.3, 0.4) is 0 Å². The minimum atomic E-state index is -0.429. The number of carbonyl (C=O) groups excluding carboxylic acids is 1. The van der Waals surface area contributed by atoms with Crippen molar-refractivity contribution in [1.29, 1.82) is 0 Å². The summed E-state index contributed by atoms with van der Waals surface area (Å²) in [5.41, 5.74) is 0.0258. The van der Waals surface area contributed by atoms with E-state index >= 15 is 0 Å². The zero-order chi connectivity index (χ0) is 17.9. The van der Waals surface area contributed by atoms with E-state index in [1.807, 2.05) is 25.1 Å². The molecule has 1 atom stereocenters. The summed E-state index contributed by atoms with van der Waals surface area (Å²) in [6, 6.07) is 5.36. The van der Waals surface area contributed by atoms with Crippen molar-refractivity contribution in [2.75, 3.05) is 40.9 Å². The van der Waals surface area contributed by atoms with Gasteiger partial charge in [-0.2, -0.15) is 0 Å². The number of hydrogen-bond donors (Lipinski definition) is 0. The first-order chi connectivity index (χ1) is 12.1. The lowest BCUT2D eigenvalue weighted by molar-refractivity contribution is 0.0731. The molecule has 0 spiro atoms. The van der Waals surface area contributed by atoms with Crippen LogP contribution in [0.1, 0.15) is 22.7 Å². The van der Waals surface area contributed by atoms with Crippen LogP contribution in [0, 0.1) is 0 Å². The highest BCUT2D eigenvalue weighted by Gasteiger charge is 2.47. The predicted octanol–water partition coefficient (Wildman–Crippen LogP) is 0.0175. The number of likely N-dealkylation sites (tertiary alicyclic amines) is 1. The molecule has 0 saturated carbocycles. The van der Waals surface area contributed by atoms with Crippen molar-refractivity contribution in [1.82, 2.24) is 35.0 Å². The minimum absolute atomic E-state index is 0.0692. The van der Waals surface area contributed by atoms with E-state index in [9.17, 15) is 4.79 Å². The number of rotatable bonds is 6. The topological polar surface area (TPSA) is 89.3 Å². The SMILES string of the molecule is COCCn1nnnc1C1(N(C)C)CCN(C(=O)c2ccccn2)C1. The predicted molar refractivity (Wildman–Crippen MR) is 89.8 cm³/mol. The summed E-state index contributed by atoms with van der Waals surface area (Å²) in [6.07, 6.45) is 2.39. The second-order valence-electron chi connectivity index (χ2n) is 6.34. The molecule has 9 nitrogen and oxygen atoms in total. The molecule has 0 N–H and O–H groups in total. The molecule has 9 heteroatoms. The maximum Gasteiger partial charge on any atom is 0.272 e. The van der Waals surface area contributed by atoms with Crippen LogP contribution in [-0.4, -0.2) is 81.8 Å². The van der Waals surface area contributed by atoms with Crippen molar-refractivity contribution in [2.45, 2.75) is 18.5 Å². The number of aromatic nitrogens is 5. The number of methoxy groups -OCH3 is 1. The Kier molecular flexibility index (Phi) is 5.05. The van der Waals surface area contributed by atoms with Crippen molar-refractivity contribution in [3.63, 3.8) is 0 Å². The third-order valence-corrected chi connectivity index (χ3v) is 4.73. The molecule has 1 saturated heterocycles. The maximum absolute atomic E-state index is 12.8. The molecular weight excluding hydrogens is 322 g/mol. The Hall–Kier alpha value is -2.39. The van der Waals surface area contributed by atoms with E-state index in [-0.39, 0.29) is 5.91 Å². The third-order valence-electron chi connectivity index (χ3n) is 4.73. The molecule has 1 unspecified atom stereocenters. The molecule has 1 amide bonds. The van der Waals surface area contributed by atoms with Gasteiger partial charge in [-0.3, -0.25) is 14.7 Å². The van der Waals surface area contributed by atoms with Crippen molar-refractivity contribution in [3.8, 4) is 0 Å². The monoisotopic (exact) mass is 345 g/mol. The Morgan fingerprint density at radius 3 is 2.92 bits per heavy atom. The highest BCUT2D eigenvalue weighted by Crippen LogP contribution is 2.35. The molecule has 2 aromatic heterocycles. The van der Waals surface area contributed by atoms with Gasteiger partial charge in [-0.1, -0.05) is 6.07 Å². The lowest BCUT2D eigenvalue weighted by Gasteiger charge is -2.34. The maximum atomic E-state index is 12.8. The Morgan fingerprint density at radius 1 is 1.40 bits per heavy atom. The summed E-state index contributed by atoms with van der Waals surface area (Å²) in [4.78, 5) is 20.8. The van der Waals surface area contributed by atoms with E-state index in [0.717, 1.165) is 12.2 Å². The fraction of sp³-hybridized carbons (Fsp3) is 0.562. The summed E-state index contributed by atoms with van der Waals surface area (Å²) in [5, 5.41) is 12.2. The molecule has 25 heavy (non-hydrogen) atoms. The summed E-state index contributed by atoms with van der Waals surface area (Å²) in [5.74, 6) is 0.686. The lowest BCUT2D eigenvalue weighted by Crippen LogP contribution is -2.47. The van der Waals surface area contributed by atoms with E-state index in [0.29, 0.717) is 31.9 Å². The van der Waals surface area contributed by atoms with Gasteiger partial charge in [0.25, 0.3) is 5.91 Å². The van der Waals surface area contributed by atoms with Crippen molar-refractivity contribution in [2.24, 2.45) is 0 Å². The van der Waals surface area contributed by atoms with E-state index in [2.05, 4.69) is 25.4 Å². The Bertz CT molecular complexity index is 718. The Balaban J connectivity index is 1.86. The number of ether oxygens (including phenoxy) is 1. The first-order valence-electron chi connectivity index (χ1n) is 8.22. The van der Waals surface area contributed by atoms with Crippen LogP contribution < -0.4 is 0 Å². The van der Waals surface area contributed by atoms with Gasteiger partial charge in [0, 0.05) is 26.4 Å². The van der Waals surface area contributed by atoms with Gasteiger partial charge in [0.15, 0.2) is 5.82 Å². The highest BCUT2D eigenvalue weighted by atomic mass is 16.5. The molecule has 1 aliphatic rings. The second-order valence-corrected chi connectivity index (χ2v) is 6.34. The van der Waals surface area contributed by atoms with Gasteiger partial charge in [-0.15, -0.1) is 5.10 Å². The molecular formula is C16H23N7O2. The first kappa shape index (κ1) is 17.4. The van der Waals surface area contributed by atoms with E-state index in [4.69, 9.17) is 4.74 Å². The van der Waals surface area contributed by atoms with Crippen LogP contribution in [0.4, 0.5) is 0 Å². The van der Waals surface area contributed by atoms with Crippen molar-refractivity contribution >= 4 is 5.91 Å². The average Bonchev–Trinajstić information content (AvgIpc) is 3.27. The van der Waals surface area contributed by atoms with E-state index in [1.165, 1.54) is 0 Å². The number of carbonyl (C=O) groups is 1. The van der Waals surface area contributed by atoms with Gasteiger partial charge < -0.3 is 9.64 Å². The molecule has 0 aliphatic carbocycles. The van der Waals surface area contributed by atoms with Crippen LogP contribution >= 0.6 is 0 Å². The number of tetrazole rings is 1. The standard InChI is InChI=1S/C16H23N7O2/c1-21(2)16(15-18-19-20-23(15)10-11-25-3)7-9-22(12-16)14(24)13-6-4-5-8-17-13/h4-6,8H,7,9-12H2,1-3H3. The zero-order valence-corrected chi connectivity index (χ0v) is 14.8. The first-order valence-corrected chi connectivity index (χ1v) is 8.22. The number of pyridine rings is 1. The number of hydrogen-bond acceptors (Lipinski definition) is 7. The van der Waals surface area contributed by atoms with Crippen LogP contribution in [-0.2, 0) is 16.8 Å². The fourth-order valence-electron chi connectivity index (χ4n) is 3.23. The molecule has 1 aliphatic heterocycles. The number of likely N-dealkylation sites (N-methyl/N-ethyl adjacent to an activating group) is 1. The zero-order valence-electron chi connectivity index (χ0n) is 14.8. The molecule has 1 fully saturated rings. The van der Waals surface area contributed by atoms with Gasteiger partial charge in [0.1, 0.15) is 11.2 Å². The normalized spacial score (nSPS) is 20.4. The summed E-state index contributed by atoms with van der Waals surface area (Å²) >= 11 is 0. The van der Waals surface area contributed by atoms with Gasteiger partial charge >= 0.3 is 0 Å². The smallest absolute Gasteiger partial charge is 0.272 e. The number of nitrogens with zero attached hydrogens (tertiary/aromatic N) is 7. The highest BCUT2D eigenvalue weighted by molar-refractivity contribution is 5.92. The largest absolute Gasteiger partial charge is 0.383 e. The van der Waals surface area contributed by atoms with Gasteiger partial charge in [0.2, 0.25) is 0 Å². The van der Waals surface area contributed by atoms with Gasteiger partial charge in [0.05, 0.1) is 13.2 Å². The van der Waals surface area contributed by atoms with Crippen LogP contribution in [0.2, 0.25) is 0 Å². The van der Waals surface area contributed by atoms with Crippen LogP contribution in [0.25, 0.3) is 0 Å². The average molecular weight is 345 g/mol. The molecule has 0 bridgehead atoms. The van der Waals surface area contributed by atoms with Crippen LogP contribution in [0.15, 0.2) is 24.4 Å². The van der Waals surface area contributed by atoms with Gasteiger partial charge in [-0.25, -0.2) is 4.68 Å². The lowest BCUT2D eigenvalue weighted by atomic mass is 9.96. The molecule has 0 aromatic carbocycles. The van der Waals surface area contributed by atoms with Crippen molar-refractivity contribution < 1.29 is 9.53 Å². The fourth-order valence-corrected chi connectivity index (χ4v) is 3.23. The van der Waals surface area contributed by atoms with E-state index in [1.54, 1.807) is 30.1 Å². The minimum Gasteiger partial charge on any atom is -0.383 e. The molecule has 0 radical (unpaired) electrons. The van der Waals surface area contributed by atoms with Crippen LogP contribution in [0.5, 0.6) is 0 Å². The number of amides is 1. The summed E-state index contributed by atoms with van der Waals surface area (Å²) in [7, 11) is 5.63. The molecule has 134 valence electrons. The Morgan fingerprint density at radius 2 is 2.24 bits per heavy atom. The summed E-state index contributed by atoms with van der Waals surface area (Å²) in [6.45, 7) is 2.24. The quantitative estimate of drug-likeness (QED) is 0.729. The second kappa shape index (κ2) is 7.24. The van der Waals surface area contributed by atoms with E-state index < -0.39 is 5.54 Å². The molecule has 2 aromatic rings. The third kappa shape index (κ3) is 3.24. The molecule has 3 heterocycles. The Labute approximate surface area is 146 Å². The summed E-state index contributed by atoms with van der Waals surface area (Å²) < 4.78 is 6.90. The van der Waals surface area contributed by atoms with Crippen molar-refractivity contribution in [3.05, 3.63) is 35.9 Å². The van der Waals surface area contributed by atoms with Gasteiger partial charge in [-0.05, 0) is 43.1 Å². The molecule has 3 rings (SSSR count).